The van der Waals surface area contributed by atoms with Crippen molar-refractivity contribution in [2.45, 2.75) is 59.3 Å². The molecule has 5 nitrogen and oxygen atoms in total. The number of para-hydroxylation sites is 1. The van der Waals surface area contributed by atoms with Crippen LogP contribution in [0, 0.1) is 5.41 Å². The Morgan fingerprint density at radius 3 is 1.80 bits per heavy atom. The van der Waals surface area contributed by atoms with Gasteiger partial charge in [-0.15, -0.1) is 0 Å². The third kappa shape index (κ3) is 7.05. The molecule has 0 unspecified atom stereocenters. The summed E-state index contributed by atoms with van der Waals surface area (Å²) in [6.07, 6.45) is 4.24. The van der Waals surface area contributed by atoms with Crippen molar-refractivity contribution in [2.24, 2.45) is 5.41 Å². The second kappa shape index (κ2) is 14.7. The molecule has 0 fully saturated rings. The second-order valence-electron chi connectivity index (χ2n) is 17.9. The van der Waals surface area contributed by atoms with E-state index in [-0.39, 0.29) is 16.2 Å². The number of pyridine rings is 1. The fraction of sp³-hybridized carbons (Fsp3) is 0.204. The molecule has 9 rings (SSSR count). The molecule has 3 heterocycles. The molecule has 5 heteroatoms. The van der Waals surface area contributed by atoms with Gasteiger partial charge in [-0.25, -0.2) is 4.98 Å². The fourth-order valence-corrected chi connectivity index (χ4v) is 8.62. The van der Waals surface area contributed by atoms with E-state index in [0.29, 0.717) is 6.67 Å². The first-order chi connectivity index (χ1) is 28.4. The van der Waals surface area contributed by atoms with Crippen LogP contribution >= 0.6 is 0 Å². The van der Waals surface area contributed by atoms with Crippen molar-refractivity contribution in [1.82, 2.24) is 9.55 Å². The maximum absolute atomic E-state index is 6.73. The van der Waals surface area contributed by atoms with Gasteiger partial charge in [0.15, 0.2) is 0 Å². The van der Waals surface area contributed by atoms with Gasteiger partial charge in [-0.1, -0.05) is 146 Å². The van der Waals surface area contributed by atoms with Gasteiger partial charge in [0, 0.05) is 68.6 Å². The Bertz CT molecular complexity index is 2810. The van der Waals surface area contributed by atoms with Crippen LogP contribution in [-0.2, 0) is 10.8 Å². The highest BCUT2D eigenvalue weighted by Crippen LogP contribution is 2.41. The number of rotatable bonds is 9. The normalized spacial score (nSPS) is 13.6. The third-order valence-corrected chi connectivity index (χ3v) is 12.2. The van der Waals surface area contributed by atoms with Crippen LogP contribution in [0.4, 0.5) is 11.4 Å². The largest absolute Gasteiger partial charge is 0.457 e. The third-order valence-electron chi connectivity index (χ3n) is 12.2. The topological polar surface area (TPSA) is 33.5 Å². The summed E-state index contributed by atoms with van der Waals surface area (Å²) >= 11 is 0. The number of ether oxygens (including phenoxy) is 1. The molecule has 2 aromatic heterocycles. The number of benzene rings is 6. The molecule has 8 aromatic rings. The highest BCUT2D eigenvalue weighted by Gasteiger charge is 2.32. The standard InChI is InChI=1S/C54H52N4O/c1-52(2,3)50-36-56(42-27-25-40(26-28-42)53(4,5)38-17-10-8-11-18-38)37-57(50)43-21-16-22-44(34-43)59-45-29-30-47-46-23-14-15-24-48(46)58(49(47)35-45)51-33-41(31-32-55-51)54(6,7)39-19-12-9-13-20-39/h8-36H,37H2,1-7H3. The Kier molecular flexibility index (Phi) is 9.43. The number of hydrogen-bond acceptors (Lipinski definition) is 4. The molecule has 1 aliphatic heterocycles. The summed E-state index contributed by atoms with van der Waals surface area (Å²) in [6.45, 7) is 16.7. The van der Waals surface area contributed by atoms with Crippen molar-refractivity contribution in [3.63, 3.8) is 0 Å². The van der Waals surface area contributed by atoms with Crippen LogP contribution < -0.4 is 14.5 Å². The highest BCUT2D eigenvalue weighted by molar-refractivity contribution is 6.09. The van der Waals surface area contributed by atoms with Crippen molar-refractivity contribution in [1.29, 1.82) is 0 Å². The van der Waals surface area contributed by atoms with Gasteiger partial charge in [0.25, 0.3) is 0 Å². The van der Waals surface area contributed by atoms with Gasteiger partial charge >= 0.3 is 0 Å². The first-order valence-corrected chi connectivity index (χ1v) is 20.6. The van der Waals surface area contributed by atoms with Crippen LogP contribution in [0.15, 0.2) is 182 Å². The lowest BCUT2D eigenvalue weighted by Gasteiger charge is -2.31. The minimum absolute atomic E-state index is 0.0824. The SMILES string of the molecule is CC(C)(C)C1=CN(c2ccc(C(C)(C)c3ccccc3)cc2)CN1c1cccc(Oc2ccc3c4ccccc4n(-c4cc(C(C)(C)c5ccccc5)ccn4)c3c2)c1. The molecular weight excluding hydrogens is 721 g/mol. The monoisotopic (exact) mass is 772 g/mol. The van der Waals surface area contributed by atoms with E-state index in [0.717, 1.165) is 39.4 Å². The van der Waals surface area contributed by atoms with E-state index in [2.05, 4.69) is 227 Å². The molecule has 0 N–H and O–H groups in total. The van der Waals surface area contributed by atoms with E-state index in [1.165, 1.54) is 39.0 Å². The molecule has 0 bridgehead atoms. The predicted octanol–water partition coefficient (Wildman–Crippen LogP) is 13.8. The number of fused-ring (bicyclic) bond motifs is 3. The minimum Gasteiger partial charge on any atom is -0.457 e. The van der Waals surface area contributed by atoms with Crippen molar-refractivity contribution in [2.75, 3.05) is 16.5 Å². The van der Waals surface area contributed by atoms with E-state index in [4.69, 9.17) is 9.72 Å². The van der Waals surface area contributed by atoms with Crippen LogP contribution in [-0.4, -0.2) is 16.2 Å². The van der Waals surface area contributed by atoms with Gasteiger partial charge in [0.2, 0.25) is 0 Å². The average molecular weight is 773 g/mol. The average Bonchev–Trinajstić information content (AvgIpc) is 3.85. The summed E-state index contributed by atoms with van der Waals surface area (Å²) < 4.78 is 9.00. The molecule has 0 atom stereocenters. The van der Waals surface area contributed by atoms with Gasteiger partial charge in [0.1, 0.15) is 17.3 Å². The molecule has 1 aliphatic rings. The predicted molar refractivity (Wildman–Crippen MR) is 246 cm³/mol. The maximum Gasteiger partial charge on any atom is 0.137 e. The number of aromatic nitrogens is 2. The first kappa shape index (κ1) is 38.0. The minimum atomic E-state index is -0.199. The van der Waals surface area contributed by atoms with Crippen LogP contribution in [0.2, 0.25) is 0 Å². The van der Waals surface area contributed by atoms with Crippen LogP contribution in [0.3, 0.4) is 0 Å². The zero-order valence-electron chi connectivity index (χ0n) is 35.1. The molecule has 294 valence electrons. The van der Waals surface area contributed by atoms with Crippen molar-refractivity contribution >= 4 is 33.2 Å². The zero-order valence-corrected chi connectivity index (χ0v) is 35.1. The molecule has 0 aliphatic carbocycles. The van der Waals surface area contributed by atoms with Crippen LogP contribution in [0.5, 0.6) is 11.5 Å². The lowest BCUT2D eigenvalue weighted by atomic mass is 9.78. The maximum atomic E-state index is 6.73. The lowest BCUT2D eigenvalue weighted by molar-refractivity contribution is 0.481. The summed E-state index contributed by atoms with van der Waals surface area (Å²) in [5, 5.41) is 2.34. The quantitative estimate of drug-likeness (QED) is 0.146. The Balaban J connectivity index is 1.02. The fourth-order valence-electron chi connectivity index (χ4n) is 8.62. The Morgan fingerprint density at radius 2 is 1.10 bits per heavy atom. The first-order valence-electron chi connectivity index (χ1n) is 20.6. The van der Waals surface area contributed by atoms with Gasteiger partial charge < -0.3 is 14.5 Å². The smallest absolute Gasteiger partial charge is 0.137 e. The molecule has 0 saturated heterocycles. The van der Waals surface area contributed by atoms with Gasteiger partial charge in [-0.05, 0) is 76.9 Å². The van der Waals surface area contributed by atoms with E-state index in [1.807, 2.05) is 12.3 Å². The molecule has 0 radical (unpaired) electrons. The van der Waals surface area contributed by atoms with E-state index >= 15 is 0 Å². The molecule has 59 heavy (non-hydrogen) atoms. The number of allylic oxidation sites excluding steroid dienone is 1. The summed E-state index contributed by atoms with van der Waals surface area (Å²) in [4.78, 5) is 9.71. The van der Waals surface area contributed by atoms with Crippen molar-refractivity contribution in [3.8, 4) is 17.3 Å². The highest BCUT2D eigenvalue weighted by atomic mass is 16.5. The zero-order chi connectivity index (χ0) is 40.9. The molecular formula is C54H52N4O. The van der Waals surface area contributed by atoms with E-state index in [1.54, 1.807) is 0 Å². The molecule has 0 spiro atoms. The van der Waals surface area contributed by atoms with Crippen LogP contribution in [0.25, 0.3) is 27.6 Å². The van der Waals surface area contributed by atoms with E-state index in [9.17, 15) is 0 Å². The molecule has 6 aromatic carbocycles. The second-order valence-corrected chi connectivity index (χ2v) is 17.9. The van der Waals surface area contributed by atoms with Crippen molar-refractivity contribution in [3.05, 3.63) is 204 Å². The van der Waals surface area contributed by atoms with E-state index < -0.39 is 0 Å². The summed E-state index contributed by atoms with van der Waals surface area (Å²) in [5.41, 5.74) is 10.4. The summed E-state index contributed by atoms with van der Waals surface area (Å²) in [7, 11) is 0. The van der Waals surface area contributed by atoms with Crippen LogP contribution in [0.1, 0.15) is 70.7 Å². The lowest BCUT2D eigenvalue weighted by Crippen LogP contribution is -2.30. The summed E-state index contributed by atoms with van der Waals surface area (Å²) in [5.74, 6) is 2.44. The molecule has 0 amide bonds. The Morgan fingerprint density at radius 1 is 0.492 bits per heavy atom. The Labute approximate surface area is 348 Å². The van der Waals surface area contributed by atoms with Crippen molar-refractivity contribution < 1.29 is 4.74 Å². The molecule has 0 saturated carbocycles. The van der Waals surface area contributed by atoms with Gasteiger partial charge in [-0.2, -0.15) is 0 Å². The number of nitrogens with zero attached hydrogens (tertiary/aromatic N) is 4. The number of anilines is 2. The summed E-state index contributed by atoms with van der Waals surface area (Å²) in [6, 6.07) is 58.3. The number of hydrogen-bond donors (Lipinski definition) is 0. The Hall–Kier alpha value is -6.59. The van der Waals surface area contributed by atoms with Gasteiger partial charge in [0.05, 0.1) is 17.7 Å². The van der Waals surface area contributed by atoms with Gasteiger partial charge in [-0.3, -0.25) is 4.57 Å².